The van der Waals surface area contributed by atoms with Gasteiger partial charge in [0.15, 0.2) is 0 Å². The number of rotatable bonds is 6. The SMILES string of the molecule is CNCC(Cc1ccccc1Cl)Cc1c(C)cccc1C. The molecule has 2 heteroatoms. The molecule has 1 N–H and O–H groups in total. The van der Waals surface area contributed by atoms with Crippen LogP contribution in [0.1, 0.15) is 22.3 Å². The predicted molar refractivity (Wildman–Crippen MR) is 92.2 cm³/mol. The number of halogens is 1. The number of hydrogen-bond donors (Lipinski definition) is 1. The summed E-state index contributed by atoms with van der Waals surface area (Å²) < 4.78 is 0. The van der Waals surface area contributed by atoms with Gasteiger partial charge in [0.05, 0.1) is 0 Å². The third kappa shape index (κ3) is 4.33. The highest BCUT2D eigenvalue weighted by Crippen LogP contribution is 2.23. The highest BCUT2D eigenvalue weighted by molar-refractivity contribution is 6.31. The molecule has 0 amide bonds. The van der Waals surface area contributed by atoms with E-state index in [0.717, 1.165) is 24.4 Å². The number of benzene rings is 2. The zero-order chi connectivity index (χ0) is 15.2. The molecule has 0 heterocycles. The first-order valence-electron chi connectivity index (χ1n) is 7.55. The van der Waals surface area contributed by atoms with E-state index in [9.17, 15) is 0 Å². The summed E-state index contributed by atoms with van der Waals surface area (Å²) in [5.74, 6) is 0.551. The van der Waals surface area contributed by atoms with Crippen molar-refractivity contribution >= 4 is 11.6 Å². The smallest absolute Gasteiger partial charge is 0.0438 e. The average molecular weight is 302 g/mol. The van der Waals surface area contributed by atoms with Crippen molar-refractivity contribution in [2.24, 2.45) is 5.92 Å². The molecule has 0 aromatic heterocycles. The van der Waals surface area contributed by atoms with E-state index in [1.54, 1.807) is 0 Å². The molecule has 0 saturated heterocycles. The fourth-order valence-electron chi connectivity index (χ4n) is 2.94. The molecule has 2 aromatic rings. The van der Waals surface area contributed by atoms with Crippen molar-refractivity contribution in [1.29, 1.82) is 0 Å². The van der Waals surface area contributed by atoms with E-state index >= 15 is 0 Å². The minimum atomic E-state index is 0.551. The summed E-state index contributed by atoms with van der Waals surface area (Å²) in [7, 11) is 2.02. The van der Waals surface area contributed by atoms with Gasteiger partial charge in [-0.15, -0.1) is 0 Å². The van der Waals surface area contributed by atoms with Gasteiger partial charge in [-0.05, 0) is 74.5 Å². The lowest BCUT2D eigenvalue weighted by Crippen LogP contribution is -2.23. The van der Waals surface area contributed by atoms with Gasteiger partial charge < -0.3 is 5.32 Å². The second kappa shape index (κ2) is 7.63. The second-order valence-corrected chi connectivity index (χ2v) is 6.20. The summed E-state index contributed by atoms with van der Waals surface area (Å²) in [6, 6.07) is 14.7. The zero-order valence-corrected chi connectivity index (χ0v) is 13.9. The highest BCUT2D eigenvalue weighted by atomic mass is 35.5. The van der Waals surface area contributed by atoms with E-state index in [4.69, 9.17) is 11.6 Å². The molecule has 2 aromatic carbocycles. The fourth-order valence-corrected chi connectivity index (χ4v) is 3.15. The monoisotopic (exact) mass is 301 g/mol. The van der Waals surface area contributed by atoms with E-state index in [2.05, 4.69) is 49.5 Å². The van der Waals surface area contributed by atoms with Crippen molar-refractivity contribution in [2.75, 3.05) is 13.6 Å². The Morgan fingerprint density at radius 2 is 1.62 bits per heavy atom. The summed E-state index contributed by atoms with van der Waals surface area (Å²) >= 11 is 6.31. The van der Waals surface area contributed by atoms with Crippen LogP contribution >= 0.6 is 11.6 Å². The van der Waals surface area contributed by atoms with Crippen LogP contribution in [0.15, 0.2) is 42.5 Å². The Morgan fingerprint density at radius 3 is 2.24 bits per heavy atom. The third-order valence-corrected chi connectivity index (χ3v) is 4.47. The molecule has 1 atom stereocenters. The molecule has 0 aliphatic heterocycles. The molecule has 0 fully saturated rings. The average Bonchev–Trinajstić information content (AvgIpc) is 2.45. The van der Waals surface area contributed by atoms with Gasteiger partial charge in [0, 0.05) is 5.02 Å². The number of hydrogen-bond acceptors (Lipinski definition) is 1. The molecule has 2 rings (SSSR count). The van der Waals surface area contributed by atoms with E-state index in [1.807, 2.05) is 19.2 Å². The Balaban J connectivity index is 2.18. The zero-order valence-electron chi connectivity index (χ0n) is 13.1. The molecule has 0 spiro atoms. The van der Waals surface area contributed by atoms with Gasteiger partial charge in [-0.25, -0.2) is 0 Å². The second-order valence-electron chi connectivity index (χ2n) is 5.79. The van der Waals surface area contributed by atoms with Crippen LogP contribution in [0.5, 0.6) is 0 Å². The van der Waals surface area contributed by atoms with Crippen LogP contribution in [-0.4, -0.2) is 13.6 Å². The summed E-state index contributed by atoms with van der Waals surface area (Å²) in [5.41, 5.74) is 5.49. The van der Waals surface area contributed by atoms with Crippen molar-refractivity contribution in [3.05, 3.63) is 69.7 Å². The van der Waals surface area contributed by atoms with Gasteiger partial charge in [0.1, 0.15) is 0 Å². The normalized spacial score (nSPS) is 12.4. The molecule has 21 heavy (non-hydrogen) atoms. The molecule has 0 bridgehead atoms. The summed E-state index contributed by atoms with van der Waals surface area (Å²) in [6.45, 7) is 5.40. The van der Waals surface area contributed by atoms with Crippen molar-refractivity contribution < 1.29 is 0 Å². The Kier molecular flexibility index (Phi) is 5.84. The Bertz CT molecular complexity index is 572. The van der Waals surface area contributed by atoms with Crippen molar-refractivity contribution in [1.82, 2.24) is 5.32 Å². The minimum Gasteiger partial charge on any atom is -0.319 e. The lowest BCUT2D eigenvalue weighted by atomic mass is 9.88. The minimum absolute atomic E-state index is 0.551. The largest absolute Gasteiger partial charge is 0.319 e. The maximum atomic E-state index is 6.31. The van der Waals surface area contributed by atoms with Crippen molar-refractivity contribution in [3.63, 3.8) is 0 Å². The molecular weight excluding hydrogens is 278 g/mol. The number of aryl methyl sites for hydroxylation is 2. The van der Waals surface area contributed by atoms with Gasteiger partial charge in [0.2, 0.25) is 0 Å². The molecule has 1 nitrogen and oxygen atoms in total. The van der Waals surface area contributed by atoms with Gasteiger partial charge in [-0.3, -0.25) is 0 Å². The Labute approximate surface area is 133 Å². The molecule has 112 valence electrons. The standard InChI is InChI=1S/C19H24ClN/c1-14-7-6-8-15(2)18(14)12-16(13-21-3)11-17-9-4-5-10-19(17)20/h4-10,16,21H,11-13H2,1-3H3. The lowest BCUT2D eigenvalue weighted by molar-refractivity contribution is 0.491. The first kappa shape index (κ1) is 16.1. The van der Waals surface area contributed by atoms with E-state index in [0.29, 0.717) is 5.92 Å². The Hall–Kier alpha value is -1.31. The van der Waals surface area contributed by atoms with Crippen LogP contribution in [0.25, 0.3) is 0 Å². The van der Waals surface area contributed by atoms with Gasteiger partial charge >= 0.3 is 0 Å². The molecule has 0 aliphatic carbocycles. The summed E-state index contributed by atoms with van der Waals surface area (Å²) in [6.07, 6.45) is 2.10. The Morgan fingerprint density at radius 1 is 0.952 bits per heavy atom. The van der Waals surface area contributed by atoms with E-state index in [1.165, 1.54) is 22.3 Å². The number of nitrogens with one attached hydrogen (secondary N) is 1. The predicted octanol–water partition coefficient (Wildman–Crippen LogP) is 4.58. The van der Waals surface area contributed by atoms with Crippen LogP contribution in [0.2, 0.25) is 5.02 Å². The maximum absolute atomic E-state index is 6.31. The van der Waals surface area contributed by atoms with Gasteiger partial charge in [-0.2, -0.15) is 0 Å². The van der Waals surface area contributed by atoms with Crippen LogP contribution in [-0.2, 0) is 12.8 Å². The quantitative estimate of drug-likeness (QED) is 0.823. The molecule has 0 radical (unpaired) electrons. The van der Waals surface area contributed by atoms with Crippen molar-refractivity contribution in [3.8, 4) is 0 Å². The summed E-state index contributed by atoms with van der Waals surface area (Å²) in [5, 5.41) is 4.20. The van der Waals surface area contributed by atoms with Gasteiger partial charge in [-0.1, -0.05) is 48.0 Å². The van der Waals surface area contributed by atoms with Crippen LogP contribution in [0.4, 0.5) is 0 Å². The molecule has 0 saturated carbocycles. The highest BCUT2D eigenvalue weighted by Gasteiger charge is 2.14. The molecule has 1 unspecified atom stereocenters. The summed E-state index contributed by atoms with van der Waals surface area (Å²) in [4.78, 5) is 0. The third-order valence-electron chi connectivity index (χ3n) is 4.10. The topological polar surface area (TPSA) is 12.0 Å². The molecular formula is C19H24ClN. The van der Waals surface area contributed by atoms with Crippen molar-refractivity contribution in [2.45, 2.75) is 26.7 Å². The van der Waals surface area contributed by atoms with Crippen LogP contribution in [0.3, 0.4) is 0 Å². The lowest BCUT2D eigenvalue weighted by Gasteiger charge is -2.20. The fraction of sp³-hybridized carbons (Fsp3) is 0.368. The first-order valence-corrected chi connectivity index (χ1v) is 7.92. The van der Waals surface area contributed by atoms with E-state index < -0.39 is 0 Å². The first-order chi connectivity index (χ1) is 10.1. The van der Waals surface area contributed by atoms with Crippen LogP contribution in [0, 0.1) is 19.8 Å². The maximum Gasteiger partial charge on any atom is 0.0438 e. The molecule has 0 aliphatic rings. The van der Waals surface area contributed by atoms with E-state index in [-0.39, 0.29) is 0 Å². The van der Waals surface area contributed by atoms with Gasteiger partial charge in [0.25, 0.3) is 0 Å². The van der Waals surface area contributed by atoms with Crippen LogP contribution < -0.4 is 5.32 Å².